The smallest absolute Gasteiger partial charge is 0.314 e. The zero-order valence-electron chi connectivity index (χ0n) is 15.4. The van der Waals surface area contributed by atoms with E-state index in [1.807, 2.05) is 25.1 Å². The van der Waals surface area contributed by atoms with Crippen LogP contribution in [0.25, 0.3) is 0 Å². The molecule has 0 amide bonds. The van der Waals surface area contributed by atoms with Gasteiger partial charge in [0.25, 0.3) is 0 Å². The van der Waals surface area contributed by atoms with Crippen molar-refractivity contribution in [3.63, 3.8) is 0 Å². The summed E-state index contributed by atoms with van der Waals surface area (Å²) in [7, 11) is 0. The van der Waals surface area contributed by atoms with Gasteiger partial charge in [-0.05, 0) is 38.2 Å². The Morgan fingerprint density at radius 2 is 2.15 bits per heavy atom. The number of aromatic nitrogens is 2. The predicted molar refractivity (Wildman–Crippen MR) is 95.2 cm³/mol. The van der Waals surface area contributed by atoms with Crippen LogP contribution < -0.4 is 0 Å². The van der Waals surface area contributed by atoms with Crippen LogP contribution in [0.15, 0.2) is 34.9 Å². The monoisotopic (exact) mass is 355 g/mol. The summed E-state index contributed by atoms with van der Waals surface area (Å²) in [6.45, 7) is 4.72. The molecule has 1 aromatic carbocycles. The zero-order valence-corrected chi connectivity index (χ0v) is 15.4. The normalized spacial score (nSPS) is 27.8. The minimum absolute atomic E-state index is 0.0645. The zero-order chi connectivity index (χ0) is 18.1. The Kier molecular flexibility index (Phi) is 4.53. The van der Waals surface area contributed by atoms with Gasteiger partial charge in [-0.2, -0.15) is 4.98 Å². The molecule has 2 aliphatic heterocycles. The van der Waals surface area contributed by atoms with Crippen LogP contribution in [0.3, 0.4) is 0 Å². The summed E-state index contributed by atoms with van der Waals surface area (Å²) >= 11 is 0. The molecule has 2 saturated heterocycles. The van der Waals surface area contributed by atoms with Crippen LogP contribution in [0.1, 0.15) is 43.5 Å². The summed E-state index contributed by atoms with van der Waals surface area (Å²) in [5.41, 5.74) is 0.697. The molecule has 26 heavy (non-hydrogen) atoms. The van der Waals surface area contributed by atoms with Crippen LogP contribution in [-0.4, -0.2) is 39.7 Å². The lowest BCUT2D eigenvalue weighted by Gasteiger charge is -2.35. The third-order valence-corrected chi connectivity index (χ3v) is 5.82. The number of benzene rings is 1. The fraction of sp³-hybridized carbons (Fsp3) is 0.550. The average molecular weight is 355 g/mol. The van der Waals surface area contributed by atoms with Crippen molar-refractivity contribution >= 4 is 5.97 Å². The van der Waals surface area contributed by atoms with Crippen molar-refractivity contribution < 1.29 is 14.1 Å². The van der Waals surface area contributed by atoms with Gasteiger partial charge in [0.15, 0.2) is 5.82 Å². The van der Waals surface area contributed by atoms with Crippen LogP contribution in [-0.2, 0) is 22.5 Å². The molecule has 6 nitrogen and oxygen atoms in total. The highest BCUT2D eigenvalue weighted by Crippen LogP contribution is 2.52. The van der Waals surface area contributed by atoms with Gasteiger partial charge in [-0.15, -0.1) is 0 Å². The lowest BCUT2D eigenvalue weighted by atomic mass is 9.70. The van der Waals surface area contributed by atoms with Gasteiger partial charge in [-0.25, -0.2) is 0 Å². The van der Waals surface area contributed by atoms with Crippen molar-refractivity contribution in [1.82, 2.24) is 15.0 Å². The molecule has 0 saturated carbocycles. The molecular weight excluding hydrogens is 330 g/mol. The standard InChI is InChI=1S/C20H25N3O3/c1-3-25-19(24)20(11-15-7-5-4-6-8-15)12-16-9-10-17(20)23(16)13-18-21-14(2)26-22-18/h4-8,16-17H,3,9-13H2,1-2H3/t16-,17+,20+/m1/s1. The van der Waals surface area contributed by atoms with E-state index in [9.17, 15) is 4.79 Å². The van der Waals surface area contributed by atoms with Crippen LogP contribution >= 0.6 is 0 Å². The molecule has 138 valence electrons. The first-order valence-electron chi connectivity index (χ1n) is 9.38. The lowest BCUT2D eigenvalue weighted by Crippen LogP contribution is -2.46. The molecule has 0 spiro atoms. The second-order valence-electron chi connectivity index (χ2n) is 7.39. The summed E-state index contributed by atoms with van der Waals surface area (Å²) in [5.74, 6) is 1.21. The maximum atomic E-state index is 13.1. The Hall–Kier alpha value is -2.21. The largest absolute Gasteiger partial charge is 0.466 e. The molecule has 6 heteroatoms. The minimum Gasteiger partial charge on any atom is -0.466 e. The van der Waals surface area contributed by atoms with Gasteiger partial charge in [-0.3, -0.25) is 9.69 Å². The quantitative estimate of drug-likeness (QED) is 0.742. The Morgan fingerprint density at radius 1 is 1.35 bits per heavy atom. The Morgan fingerprint density at radius 3 is 2.85 bits per heavy atom. The van der Waals surface area contributed by atoms with E-state index in [-0.39, 0.29) is 12.0 Å². The van der Waals surface area contributed by atoms with E-state index in [4.69, 9.17) is 9.26 Å². The Balaban J connectivity index is 1.63. The van der Waals surface area contributed by atoms with E-state index in [0.717, 1.165) is 25.7 Å². The maximum Gasteiger partial charge on any atom is 0.314 e. The summed E-state index contributed by atoms with van der Waals surface area (Å²) in [6, 6.07) is 10.8. The molecule has 2 bridgehead atoms. The highest BCUT2D eigenvalue weighted by Gasteiger charge is 2.60. The predicted octanol–water partition coefficient (Wildman–Crippen LogP) is 2.91. The second-order valence-corrected chi connectivity index (χ2v) is 7.39. The minimum atomic E-state index is -0.487. The van der Waals surface area contributed by atoms with Crippen molar-refractivity contribution in [2.45, 2.75) is 58.2 Å². The van der Waals surface area contributed by atoms with Gasteiger partial charge in [0.05, 0.1) is 18.6 Å². The molecule has 1 aromatic heterocycles. The number of fused-ring (bicyclic) bond motifs is 2. The molecule has 0 N–H and O–H groups in total. The average Bonchev–Trinajstić information content (AvgIpc) is 3.30. The lowest BCUT2D eigenvalue weighted by molar-refractivity contribution is -0.157. The number of aryl methyl sites for hydroxylation is 1. The van der Waals surface area contributed by atoms with Crippen molar-refractivity contribution in [1.29, 1.82) is 0 Å². The first-order chi connectivity index (χ1) is 12.6. The Bertz CT molecular complexity index is 776. The first kappa shape index (κ1) is 17.2. The molecule has 0 aliphatic carbocycles. The summed E-state index contributed by atoms with van der Waals surface area (Å²) in [5, 5.41) is 4.04. The van der Waals surface area contributed by atoms with E-state index < -0.39 is 5.41 Å². The van der Waals surface area contributed by atoms with Gasteiger partial charge >= 0.3 is 5.97 Å². The highest BCUT2D eigenvalue weighted by molar-refractivity contribution is 5.79. The molecule has 3 atom stereocenters. The molecule has 0 unspecified atom stereocenters. The van der Waals surface area contributed by atoms with Crippen LogP contribution in [0.4, 0.5) is 0 Å². The third-order valence-electron chi connectivity index (χ3n) is 5.82. The molecular formula is C20H25N3O3. The fourth-order valence-corrected chi connectivity index (χ4v) is 4.83. The summed E-state index contributed by atoms with van der Waals surface area (Å²) < 4.78 is 10.7. The van der Waals surface area contributed by atoms with Gasteiger partial charge in [0, 0.05) is 19.0 Å². The van der Waals surface area contributed by atoms with Crippen LogP contribution in [0, 0.1) is 12.3 Å². The van der Waals surface area contributed by atoms with Crippen molar-refractivity contribution in [3.05, 3.63) is 47.6 Å². The number of nitrogens with zero attached hydrogens (tertiary/aromatic N) is 3. The highest BCUT2D eigenvalue weighted by atomic mass is 16.5. The van der Waals surface area contributed by atoms with E-state index >= 15 is 0 Å². The van der Waals surface area contributed by atoms with Gasteiger partial charge in [0.2, 0.25) is 5.89 Å². The third kappa shape index (κ3) is 2.92. The number of ether oxygens (including phenoxy) is 1. The molecule has 2 fully saturated rings. The number of carbonyl (C=O) groups is 1. The summed E-state index contributed by atoms with van der Waals surface area (Å²) in [4.78, 5) is 19.8. The van der Waals surface area contributed by atoms with E-state index in [1.165, 1.54) is 5.56 Å². The van der Waals surface area contributed by atoms with Crippen molar-refractivity contribution in [2.24, 2.45) is 5.41 Å². The number of hydrogen-bond acceptors (Lipinski definition) is 6. The van der Waals surface area contributed by atoms with Gasteiger partial charge in [-0.1, -0.05) is 35.5 Å². The van der Waals surface area contributed by atoms with Crippen LogP contribution in [0.5, 0.6) is 0 Å². The SMILES string of the molecule is CCOC(=O)[C@@]1(Cc2ccccc2)C[C@H]2CC[C@@H]1N2Cc1noc(C)n1. The number of rotatable bonds is 6. The molecule has 3 heterocycles. The molecule has 2 aliphatic rings. The van der Waals surface area contributed by atoms with E-state index in [0.29, 0.717) is 30.9 Å². The van der Waals surface area contributed by atoms with Crippen molar-refractivity contribution in [2.75, 3.05) is 6.61 Å². The Labute approximate surface area is 153 Å². The number of hydrogen-bond donors (Lipinski definition) is 0. The van der Waals surface area contributed by atoms with E-state index in [2.05, 4.69) is 27.2 Å². The number of carbonyl (C=O) groups excluding carboxylic acids is 1. The summed E-state index contributed by atoms with van der Waals surface area (Å²) in [6.07, 6.45) is 3.67. The fourth-order valence-electron chi connectivity index (χ4n) is 4.83. The van der Waals surface area contributed by atoms with Gasteiger partial charge < -0.3 is 9.26 Å². The second kappa shape index (κ2) is 6.83. The van der Waals surface area contributed by atoms with Gasteiger partial charge in [0.1, 0.15) is 0 Å². The molecule has 0 radical (unpaired) electrons. The topological polar surface area (TPSA) is 68.5 Å². The molecule has 2 aromatic rings. The number of esters is 1. The molecule has 4 rings (SSSR count). The van der Waals surface area contributed by atoms with Crippen LogP contribution in [0.2, 0.25) is 0 Å². The maximum absolute atomic E-state index is 13.1. The van der Waals surface area contributed by atoms with E-state index in [1.54, 1.807) is 6.92 Å². The van der Waals surface area contributed by atoms with Crippen molar-refractivity contribution in [3.8, 4) is 0 Å². The first-order valence-corrected chi connectivity index (χ1v) is 9.38.